The molecular formula is C17H25N3O3. The van der Waals surface area contributed by atoms with E-state index < -0.39 is 0 Å². The van der Waals surface area contributed by atoms with E-state index in [4.69, 9.17) is 4.74 Å². The van der Waals surface area contributed by atoms with Crippen LogP contribution in [0.3, 0.4) is 0 Å². The van der Waals surface area contributed by atoms with Crippen LogP contribution in [0.1, 0.15) is 40.9 Å². The van der Waals surface area contributed by atoms with Crippen molar-refractivity contribution in [1.82, 2.24) is 15.2 Å². The average Bonchev–Trinajstić information content (AvgIpc) is 2.59. The van der Waals surface area contributed by atoms with Gasteiger partial charge in [-0.1, -0.05) is 0 Å². The molecule has 1 aromatic heterocycles. The molecule has 126 valence electrons. The van der Waals surface area contributed by atoms with Crippen molar-refractivity contribution in [2.45, 2.75) is 32.1 Å². The van der Waals surface area contributed by atoms with E-state index in [0.29, 0.717) is 6.54 Å². The largest absolute Gasteiger partial charge is 0.379 e. The van der Waals surface area contributed by atoms with Crippen molar-refractivity contribution < 1.29 is 9.53 Å². The molecule has 1 amide bonds. The van der Waals surface area contributed by atoms with E-state index >= 15 is 0 Å². The number of ether oxygens (including phenoxy) is 1. The molecule has 1 saturated heterocycles. The van der Waals surface area contributed by atoms with E-state index in [1.165, 1.54) is 0 Å². The van der Waals surface area contributed by atoms with Gasteiger partial charge in [-0.05, 0) is 50.3 Å². The maximum atomic E-state index is 12.2. The lowest BCUT2D eigenvalue weighted by molar-refractivity contribution is 0.0374. The van der Waals surface area contributed by atoms with Gasteiger partial charge >= 0.3 is 0 Å². The van der Waals surface area contributed by atoms with Crippen molar-refractivity contribution in [3.63, 3.8) is 0 Å². The molecule has 0 radical (unpaired) electrons. The minimum absolute atomic E-state index is 0.247. The summed E-state index contributed by atoms with van der Waals surface area (Å²) in [7, 11) is 0. The van der Waals surface area contributed by atoms with Crippen molar-refractivity contribution in [2.24, 2.45) is 0 Å². The lowest BCUT2D eigenvalue weighted by Crippen LogP contribution is -2.38. The number of pyridine rings is 1. The van der Waals surface area contributed by atoms with Crippen molar-refractivity contribution >= 4 is 5.91 Å². The zero-order valence-electron chi connectivity index (χ0n) is 13.5. The van der Waals surface area contributed by atoms with Gasteiger partial charge in [-0.2, -0.15) is 0 Å². The summed E-state index contributed by atoms with van der Waals surface area (Å²) in [5.41, 5.74) is 2.10. The fourth-order valence-corrected chi connectivity index (χ4v) is 3.27. The van der Waals surface area contributed by atoms with E-state index in [2.05, 4.69) is 15.2 Å². The summed E-state index contributed by atoms with van der Waals surface area (Å²) in [5.74, 6) is -0.262. The van der Waals surface area contributed by atoms with Gasteiger partial charge < -0.3 is 15.0 Å². The van der Waals surface area contributed by atoms with Crippen LogP contribution in [0.5, 0.6) is 0 Å². The highest BCUT2D eigenvalue weighted by molar-refractivity contribution is 5.94. The Kier molecular flexibility index (Phi) is 5.46. The van der Waals surface area contributed by atoms with Crippen LogP contribution in [0.2, 0.25) is 0 Å². The second kappa shape index (κ2) is 7.75. The zero-order valence-corrected chi connectivity index (χ0v) is 13.5. The number of carbonyl (C=O) groups is 1. The van der Waals surface area contributed by atoms with E-state index in [9.17, 15) is 9.59 Å². The first-order valence-electron chi connectivity index (χ1n) is 8.57. The number of amides is 1. The predicted molar refractivity (Wildman–Crippen MR) is 87.9 cm³/mol. The quantitative estimate of drug-likeness (QED) is 0.784. The number of carbonyl (C=O) groups excluding carboxylic acids is 1. The number of nitrogens with zero attached hydrogens (tertiary/aromatic N) is 1. The monoisotopic (exact) mass is 319 g/mol. The molecule has 0 unspecified atom stereocenters. The maximum absolute atomic E-state index is 12.2. The number of morpholine rings is 1. The normalized spacial score (nSPS) is 18.4. The van der Waals surface area contributed by atoms with Crippen LogP contribution < -0.4 is 10.9 Å². The molecule has 6 nitrogen and oxygen atoms in total. The molecule has 2 N–H and O–H groups in total. The fraction of sp³-hybridized carbons (Fsp3) is 0.647. The second-order valence-corrected chi connectivity index (χ2v) is 6.29. The Morgan fingerprint density at radius 2 is 2.04 bits per heavy atom. The van der Waals surface area contributed by atoms with E-state index in [-0.39, 0.29) is 17.0 Å². The molecule has 6 heteroatoms. The summed E-state index contributed by atoms with van der Waals surface area (Å²) >= 11 is 0. The predicted octanol–water partition coefficient (Wildman–Crippen LogP) is 0.706. The minimum atomic E-state index is -0.267. The summed E-state index contributed by atoms with van der Waals surface area (Å²) in [6, 6.07) is 1.78. The van der Waals surface area contributed by atoms with Gasteiger partial charge in [-0.25, -0.2) is 0 Å². The van der Waals surface area contributed by atoms with Crippen molar-refractivity contribution in [2.75, 3.05) is 39.4 Å². The van der Waals surface area contributed by atoms with Crippen LogP contribution in [0.25, 0.3) is 0 Å². The smallest absolute Gasteiger partial charge is 0.261 e. The molecule has 2 heterocycles. The fourth-order valence-electron chi connectivity index (χ4n) is 3.27. The van der Waals surface area contributed by atoms with Gasteiger partial charge in [0.25, 0.3) is 11.5 Å². The third-order valence-corrected chi connectivity index (χ3v) is 4.62. The standard InChI is InChI=1S/C17H25N3O3/c21-16(18-6-3-7-20-8-10-23-11-9-20)14-12-13-4-1-2-5-15(13)19-17(14)22/h12H,1-11H2,(H,18,21)(H,19,22). The van der Waals surface area contributed by atoms with Crippen LogP contribution in [-0.4, -0.2) is 55.2 Å². The molecule has 2 aliphatic rings. The molecule has 0 atom stereocenters. The zero-order chi connectivity index (χ0) is 16.1. The lowest BCUT2D eigenvalue weighted by Gasteiger charge is -2.26. The van der Waals surface area contributed by atoms with Crippen LogP contribution in [0, 0.1) is 0 Å². The Morgan fingerprint density at radius 1 is 1.26 bits per heavy atom. The molecule has 0 spiro atoms. The van der Waals surface area contributed by atoms with Gasteiger partial charge in [0.1, 0.15) is 5.56 Å². The summed E-state index contributed by atoms with van der Waals surface area (Å²) in [4.78, 5) is 29.5. The first kappa shape index (κ1) is 16.2. The van der Waals surface area contributed by atoms with Crippen LogP contribution in [-0.2, 0) is 17.6 Å². The Hall–Kier alpha value is -1.66. The SMILES string of the molecule is O=C(NCCCN1CCOCC1)c1cc2c([nH]c1=O)CCCC2. The molecule has 1 aliphatic heterocycles. The van der Waals surface area contributed by atoms with Gasteiger partial charge in [0.15, 0.2) is 0 Å². The first-order valence-corrected chi connectivity index (χ1v) is 8.57. The number of hydrogen-bond acceptors (Lipinski definition) is 4. The van der Waals surface area contributed by atoms with Gasteiger partial charge in [0, 0.05) is 25.3 Å². The Labute approximate surface area is 136 Å². The number of aromatic amines is 1. The molecule has 1 aromatic rings. The first-order chi connectivity index (χ1) is 11.2. The van der Waals surface area contributed by atoms with Crippen molar-refractivity contribution in [3.05, 3.63) is 33.2 Å². The summed E-state index contributed by atoms with van der Waals surface area (Å²) in [5, 5.41) is 2.87. The molecule has 1 aliphatic carbocycles. The Bertz CT molecular complexity index is 606. The highest BCUT2D eigenvalue weighted by Crippen LogP contribution is 2.18. The Morgan fingerprint density at radius 3 is 2.87 bits per heavy atom. The molecule has 0 bridgehead atoms. The molecule has 1 fully saturated rings. The number of H-pyrrole nitrogens is 1. The number of rotatable bonds is 5. The van der Waals surface area contributed by atoms with E-state index in [1.807, 2.05) is 0 Å². The summed E-state index contributed by atoms with van der Waals surface area (Å²) < 4.78 is 5.31. The molecular weight excluding hydrogens is 294 g/mol. The Balaban J connectivity index is 1.51. The molecule has 23 heavy (non-hydrogen) atoms. The minimum Gasteiger partial charge on any atom is -0.379 e. The lowest BCUT2D eigenvalue weighted by atomic mass is 9.95. The maximum Gasteiger partial charge on any atom is 0.261 e. The van der Waals surface area contributed by atoms with Crippen LogP contribution in [0.4, 0.5) is 0 Å². The highest BCUT2D eigenvalue weighted by atomic mass is 16.5. The third kappa shape index (κ3) is 4.20. The summed E-state index contributed by atoms with van der Waals surface area (Å²) in [6.07, 6.45) is 4.97. The number of aromatic nitrogens is 1. The molecule has 0 saturated carbocycles. The molecule has 3 rings (SSSR count). The van der Waals surface area contributed by atoms with Crippen LogP contribution >= 0.6 is 0 Å². The van der Waals surface area contributed by atoms with Gasteiger partial charge in [0.2, 0.25) is 0 Å². The van der Waals surface area contributed by atoms with Gasteiger partial charge in [-0.3, -0.25) is 14.5 Å². The third-order valence-electron chi connectivity index (χ3n) is 4.62. The second-order valence-electron chi connectivity index (χ2n) is 6.29. The van der Waals surface area contributed by atoms with E-state index in [1.54, 1.807) is 6.07 Å². The topological polar surface area (TPSA) is 74.4 Å². The number of hydrogen-bond donors (Lipinski definition) is 2. The van der Waals surface area contributed by atoms with E-state index in [0.717, 1.165) is 76.2 Å². The number of nitrogens with one attached hydrogen (secondary N) is 2. The number of aryl methyl sites for hydroxylation is 2. The van der Waals surface area contributed by atoms with Gasteiger partial charge in [-0.15, -0.1) is 0 Å². The average molecular weight is 319 g/mol. The highest BCUT2D eigenvalue weighted by Gasteiger charge is 2.17. The van der Waals surface area contributed by atoms with Crippen molar-refractivity contribution in [3.8, 4) is 0 Å². The van der Waals surface area contributed by atoms with Gasteiger partial charge in [0.05, 0.1) is 13.2 Å². The van der Waals surface area contributed by atoms with Crippen molar-refractivity contribution in [1.29, 1.82) is 0 Å². The number of fused-ring (bicyclic) bond motifs is 1. The van der Waals surface area contributed by atoms with Crippen LogP contribution in [0.15, 0.2) is 10.9 Å². The summed E-state index contributed by atoms with van der Waals surface area (Å²) in [6.45, 7) is 5.03. The molecule has 0 aromatic carbocycles.